The highest BCUT2D eigenvalue weighted by Gasteiger charge is 2.30. The molecule has 0 atom stereocenters. The van der Waals surface area contributed by atoms with Gasteiger partial charge in [0.15, 0.2) is 11.6 Å². The highest BCUT2D eigenvalue weighted by molar-refractivity contribution is 5.43. The molecule has 0 aliphatic carbocycles. The molecule has 96 valence electrons. The lowest BCUT2D eigenvalue weighted by atomic mass is 9.91. The monoisotopic (exact) mass is 247 g/mol. The maximum atomic E-state index is 13.7. The molecular weight excluding hydrogens is 231 g/mol. The Kier molecular flexibility index (Phi) is 3.43. The number of nitrogens with two attached hydrogens (primary N) is 1. The van der Waals surface area contributed by atoms with E-state index >= 15 is 0 Å². The van der Waals surface area contributed by atoms with Gasteiger partial charge in [-0.1, -0.05) is 0 Å². The van der Waals surface area contributed by atoms with Crippen molar-refractivity contribution in [3.63, 3.8) is 0 Å². The molecule has 1 aromatic rings. The van der Waals surface area contributed by atoms with Crippen LogP contribution in [0.3, 0.4) is 0 Å². The highest BCUT2D eigenvalue weighted by Crippen LogP contribution is 2.36. The average molecular weight is 247 g/mol. The van der Waals surface area contributed by atoms with E-state index < -0.39 is 22.8 Å². The van der Waals surface area contributed by atoms with Crippen LogP contribution in [0.5, 0.6) is 5.75 Å². The Morgan fingerprint density at radius 1 is 1.18 bits per heavy atom. The Labute approximate surface area is 98.6 Å². The van der Waals surface area contributed by atoms with Crippen LogP contribution in [0, 0.1) is 5.82 Å². The molecule has 0 heterocycles. The van der Waals surface area contributed by atoms with Gasteiger partial charge in [0, 0.05) is 23.6 Å². The van der Waals surface area contributed by atoms with Crippen molar-refractivity contribution in [2.75, 3.05) is 7.11 Å². The van der Waals surface area contributed by atoms with Crippen LogP contribution in [-0.2, 0) is 11.5 Å². The van der Waals surface area contributed by atoms with Crippen LogP contribution in [0.1, 0.15) is 31.9 Å². The molecule has 0 spiro atoms. The molecule has 17 heavy (non-hydrogen) atoms. The minimum atomic E-state index is -3.12. The predicted molar refractivity (Wildman–Crippen MR) is 59.7 cm³/mol. The Hall–Kier alpha value is -1.23. The second-order valence-corrected chi connectivity index (χ2v) is 4.65. The zero-order chi connectivity index (χ0) is 13.4. The molecule has 0 aliphatic rings. The van der Waals surface area contributed by atoms with Crippen molar-refractivity contribution in [3.05, 3.63) is 29.1 Å². The number of halogens is 3. The summed E-state index contributed by atoms with van der Waals surface area (Å²) in [7, 11) is 1.28. The van der Waals surface area contributed by atoms with E-state index in [0.29, 0.717) is 6.92 Å². The van der Waals surface area contributed by atoms with Crippen molar-refractivity contribution in [1.29, 1.82) is 0 Å². The molecule has 0 unspecified atom stereocenters. The molecular formula is C12H16F3NO. The molecule has 0 aromatic heterocycles. The maximum absolute atomic E-state index is 13.7. The number of benzene rings is 1. The van der Waals surface area contributed by atoms with Crippen LogP contribution in [0.2, 0.25) is 0 Å². The number of alkyl halides is 2. The third-order valence-corrected chi connectivity index (χ3v) is 2.45. The van der Waals surface area contributed by atoms with E-state index in [1.54, 1.807) is 13.8 Å². The minimum Gasteiger partial charge on any atom is -0.493 e. The van der Waals surface area contributed by atoms with Crippen molar-refractivity contribution < 1.29 is 17.9 Å². The van der Waals surface area contributed by atoms with Crippen molar-refractivity contribution in [1.82, 2.24) is 0 Å². The van der Waals surface area contributed by atoms with Crippen LogP contribution in [0.25, 0.3) is 0 Å². The van der Waals surface area contributed by atoms with Crippen LogP contribution in [0.4, 0.5) is 13.2 Å². The maximum Gasteiger partial charge on any atom is 0.270 e. The minimum absolute atomic E-state index is 0.0921. The number of hydrogen-bond acceptors (Lipinski definition) is 2. The van der Waals surface area contributed by atoms with Gasteiger partial charge in [-0.3, -0.25) is 0 Å². The molecule has 1 aromatic carbocycles. The smallest absolute Gasteiger partial charge is 0.270 e. The van der Waals surface area contributed by atoms with Crippen LogP contribution < -0.4 is 10.5 Å². The van der Waals surface area contributed by atoms with Gasteiger partial charge in [0.2, 0.25) is 0 Å². The Morgan fingerprint density at radius 3 is 2.06 bits per heavy atom. The molecule has 0 saturated heterocycles. The van der Waals surface area contributed by atoms with Crippen molar-refractivity contribution in [2.45, 2.75) is 32.2 Å². The Balaban J connectivity index is 3.51. The van der Waals surface area contributed by atoms with Crippen LogP contribution in [-0.4, -0.2) is 7.11 Å². The van der Waals surface area contributed by atoms with E-state index in [-0.39, 0.29) is 11.3 Å². The van der Waals surface area contributed by atoms with E-state index in [2.05, 4.69) is 0 Å². The van der Waals surface area contributed by atoms with Crippen LogP contribution >= 0.6 is 0 Å². The van der Waals surface area contributed by atoms with Gasteiger partial charge >= 0.3 is 0 Å². The zero-order valence-corrected chi connectivity index (χ0v) is 10.3. The first kappa shape index (κ1) is 13.8. The average Bonchev–Trinajstić information content (AvgIpc) is 2.13. The standard InChI is InChI=1S/C12H16F3NO/c1-11(2,16)8-5-7(12(3,14)15)6-9(13)10(8)17-4/h5-6H,16H2,1-4H3. The number of ether oxygens (including phenoxy) is 1. The van der Waals surface area contributed by atoms with Gasteiger partial charge in [0.05, 0.1) is 7.11 Å². The van der Waals surface area contributed by atoms with Crippen molar-refractivity contribution in [2.24, 2.45) is 5.73 Å². The number of hydrogen-bond donors (Lipinski definition) is 1. The zero-order valence-electron chi connectivity index (χ0n) is 10.3. The van der Waals surface area contributed by atoms with Crippen molar-refractivity contribution in [3.8, 4) is 5.75 Å². The van der Waals surface area contributed by atoms with Gasteiger partial charge in [-0.2, -0.15) is 0 Å². The van der Waals surface area contributed by atoms with Gasteiger partial charge in [-0.05, 0) is 26.0 Å². The first-order valence-electron chi connectivity index (χ1n) is 5.12. The second-order valence-electron chi connectivity index (χ2n) is 4.65. The molecule has 1 rings (SSSR count). The van der Waals surface area contributed by atoms with Gasteiger partial charge in [-0.15, -0.1) is 0 Å². The summed E-state index contributed by atoms with van der Waals surface area (Å²) in [6.07, 6.45) is 0. The fraction of sp³-hybridized carbons (Fsp3) is 0.500. The number of rotatable bonds is 3. The lowest BCUT2D eigenvalue weighted by molar-refractivity contribution is 0.0169. The Bertz CT molecular complexity index is 419. The van der Waals surface area contributed by atoms with Crippen molar-refractivity contribution >= 4 is 0 Å². The normalized spacial score (nSPS) is 12.7. The van der Waals surface area contributed by atoms with E-state index in [1.807, 2.05) is 0 Å². The molecule has 2 nitrogen and oxygen atoms in total. The van der Waals surface area contributed by atoms with Gasteiger partial charge in [-0.25, -0.2) is 13.2 Å². The quantitative estimate of drug-likeness (QED) is 0.890. The molecule has 0 saturated carbocycles. The summed E-state index contributed by atoms with van der Waals surface area (Å²) in [6, 6.07) is 1.95. The second kappa shape index (κ2) is 4.22. The third kappa shape index (κ3) is 2.91. The Morgan fingerprint density at radius 2 is 1.71 bits per heavy atom. The largest absolute Gasteiger partial charge is 0.493 e. The van der Waals surface area contributed by atoms with E-state index in [1.165, 1.54) is 13.2 Å². The summed E-state index contributed by atoms with van der Waals surface area (Å²) in [4.78, 5) is 0. The van der Waals surface area contributed by atoms with E-state index in [0.717, 1.165) is 6.07 Å². The highest BCUT2D eigenvalue weighted by atomic mass is 19.3. The summed E-state index contributed by atoms with van der Waals surface area (Å²) < 4.78 is 44.9. The summed E-state index contributed by atoms with van der Waals surface area (Å²) in [5.74, 6) is -4.04. The predicted octanol–water partition coefficient (Wildman–Crippen LogP) is 3.14. The molecule has 0 bridgehead atoms. The fourth-order valence-corrected chi connectivity index (χ4v) is 1.53. The van der Waals surface area contributed by atoms with E-state index in [9.17, 15) is 13.2 Å². The lowest BCUT2D eigenvalue weighted by Crippen LogP contribution is -2.30. The fourth-order valence-electron chi connectivity index (χ4n) is 1.53. The van der Waals surface area contributed by atoms with Gasteiger partial charge in [0.25, 0.3) is 5.92 Å². The summed E-state index contributed by atoms with van der Waals surface area (Å²) in [6.45, 7) is 3.91. The van der Waals surface area contributed by atoms with Gasteiger partial charge < -0.3 is 10.5 Å². The molecule has 0 fully saturated rings. The first-order chi connectivity index (χ1) is 7.57. The first-order valence-corrected chi connectivity index (χ1v) is 5.12. The summed E-state index contributed by atoms with van der Waals surface area (Å²) in [5, 5.41) is 0. The molecule has 0 amide bonds. The van der Waals surface area contributed by atoms with Gasteiger partial charge in [0.1, 0.15) is 0 Å². The summed E-state index contributed by atoms with van der Waals surface area (Å²) in [5.41, 5.74) is 4.66. The molecule has 0 radical (unpaired) electrons. The SMILES string of the molecule is COc1c(F)cc(C(C)(F)F)cc1C(C)(C)N. The lowest BCUT2D eigenvalue weighted by Gasteiger charge is -2.24. The number of methoxy groups -OCH3 is 1. The summed E-state index contributed by atoms with van der Waals surface area (Å²) >= 11 is 0. The molecule has 5 heteroatoms. The molecule has 0 aliphatic heterocycles. The topological polar surface area (TPSA) is 35.2 Å². The molecule has 2 N–H and O–H groups in total. The van der Waals surface area contributed by atoms with E-state index in [4.69, 9.17) is 10.5 Å². The third-order valence-electron chi connectivity index (χ3n) is 2.45. The van der Waals surface area contributed by atoms with Crippen LogP contribution in [0.15, 0.2) is 12.1 Å².